The van der Waals surface area contributed by atoms with E-state index in [0.717, 1.165) is 5.56 Å². The predicted octanol–water partition coefficient (Wildman–Crippen LogP) is 2.46. The Hall–Kier alpha value is -0.480. The van der Waals surface area contributed by atoms with Gasteiger partial charge in [0, 0.05) is 6.42 Å². The van der Waals surface area contributed by atoms with Gasteiger partial charge in [-0.25, -0.2) is 4.79 Å². The summed E-state index contributed by atoms with van der Waals surface area (Å²) in [7, 11) is 0. The second-order valence-corrected chi connectivity index (χ2v) is 5.25. The lowest BCUT2D eigenvalue weighted by molar-refractivity contribution is -0.154. The van der Waals surface area contributed by atoms with Crippen molar-refractivity contribution >= 4 is 40.8 Å². The molecule has 0 amide bonds. The summed E-state index contributed by atoms with van der Waals surface area (Å²) in [4.78, 5) is 11.2. The van der Waals surface area contributed by atoms with Gasteiger partial charge in [-0.3, -0.25) is 0 Å². The van der Waals surface area contributed by atoms with Crippen LogP contribution < -0.4 is 0 Å². The van der Waals surface area contributed by atoms with Gasteiger partial charge >= 0.3 is 9.95 Å². The number of rotatable bonds is 3. The molecule has 1 rings (SSSR count). The van der Waals surface area contributed by atoms with Gasteiger partial charge in [0.2, 0.25) is 0 Å². The molecular weight excluding hydrogens is 274 g/mol. The maximum absolute atomic E-state index is 11.2. The van der Waals surface area contributed by atoms with E-state index in [2.05, 4.69) is 4.74 Å². The molecule has 0 saturated heterocycles. The smallest absolute Gasteiger partial charge is 0.340 e. The normalized spacial score (nSPS) is 13.2. The Balaban J connectivity index is 2.53. The number of alkyl halides is 3. The van der Waals surface area contributed by atoms with Crippen LogP contribution in [0.5, 0.6) is 0 Å². The van der Waals surface area contributed by atoms with E-state index < -0.39 is 16.1 Å². The van der Waals surface area contributed by atoms with Crippen LogP contribution in [0.2, 0.25) is 0 Å². The van der Waals surface area contributed by atoms with Crippen molar-refractivity contribution in [2.45, 2.75) is 16.5 Å². The average molecular weight is 284 g/mol. The highest BCUT2D eigenvalue weighted by Crippen LogP contribution is 2.28. The fourth-order valence-corrected chi connectivity index (χ4v) is 1.33. The standard InChI is InChI=1S/C10H9Cl3O3/c11-10(12,13)16-9(15)8(14)6-7-4-2-1-3-5-7/h1-5,8,14H,6H2. The van der Waals surface area contributed by atoms with E-state index in [4.69, 9.17) is 34.8 Å². The van der Waals surface area contributed by atoms with Gasteiger partial charge in [0.05, 0.1) is 0 Å². The number of aliphatic hydroxyl groups excluding tert-OH is 1. The number of benzene rings is 1. The average Bonchev–Trinajstić information content (AvgIpc) is 2.16. The topological polar surface area (TPSA) is 46.5 Å². The summed E-state index contributed by atoms with van der Waals surface area (Å²) in [6, 6.07) is 8.96. The first-order valence-electron chi connectivity index (χ1n) is 4.40. The zero-order valence-corrected chi connectivity index (χ0v) is 10.3. The van der Waals surface area contributed by atoms with Crippen molar-refractivity contribution in [2.75, 3.05) is 0 Å². The van der Waals surface area contributed by atoms with Crippen LogP contribution in [0.3, 0.4) is 0 Å². The molecule has 0 spiro atoms. The van der Waals surface area contributed by atoms with Crippen LogP contribution in [-0.4, -0.2) is 21.2 Å². The second kappa shape index (κ2) is 5.73. The summed E-state index contributed by atoms with van der Waals surface area (Å²) in [5.74, 6) is -0.969. The van der Waals surface area contributed by atoms with E-state index in [-0.39, 0.29) is 6.42 Å². The molecule has 0 heterocycles. The number of hydrogen-bond donors (Lipinski definition) is 1. The molecule has 88 valence electrons. The molecule has 1 aromatic carbocycles. The van der Waals surface area contributed by atoms with Crippen molar-refractivity contribution in [1.29, 1.82) is 0 Å². The first-order valence-corrected chi connectivity index (χ1v) is 5.53. The molecule has 0 aliphatic rings. The Morgan fingerprint density at radius 1 is 1.31 bits per heavy atom. The van der Waals surface area contributed by atoms with E-state index in [9.17, 15) is 9.90 Å². The zero-order valence-electron chi connectivity index (χ0n) is 8.07. The van der Waals surface area contributed by atoms with Crippen LogP contribution in [0.15, 0.2) is 30.3 Å². The minimum absolute atomic E-state index is 0.112. The summed E-state index contributed by atoms with van der Waals surface area (Å²) in [5, 5.41) is 9.48. The SMILES string of the molecule is O=C(OC(Cl)(Cl)Cl)C(O)Cc1ccccc1. The highest BCUT2D eigenvalue weighted by molar-refractivity contribution is 6.66. The van der Waals surface area contributed by atoms with Gasteiger partial charge in [0.15, 0.2) is 6.10 Å². The van der Waals surface area contributed by atoms with Crippen molar-refractivity contribution in [3.8, 4) is 0 Å². The van der Waals surface area contributed by atoms with Crippen LogP contribution in [0.1, 0.15) is 5.56 Å². The molecule has 0 aliphatic heterocycles. The summed E-state index contributed by atoms with van der Waals surface area (Å²) in [5.41, 5.74) is 0.788. The lowest BCUT2D eigenvalue weighted by Crippen LogP contribution is -2.29. The van der Waals surface area contributed by atoms with E-state index >= 15 is 0 Å². The third kappa shape index (κ3) is 5.03. The molecule has 16 heavy (non-hydrogen) atoms. The lowest BCUT2D eigenvalue weighted by Gasteiger charge is -2.15. The van der Waals surface area contributed by atoms with Crippen LogP contribution in [-0.2, 0) is 16.0 Å². The van der Waals surface area contributed by atoms with Gasteiger partial charge in [-0.1, -0.05) is 30.3 Å². The largest absolute Gasteiger partial charge is 0.413 e. The third-order valence-corrected chi connectivity index (χ3v) is 1.99. The minimum atomic E-state index is -2.14. The molecule has 1 atom stereocenters. The van der Waals surface area contributed by atoms with Crippen molar-refractivity contribution in [1.82, 2.24) is 0 Å². The molecular formula is C10H9Cl3O3. The van der Waals surface area contributed by atoms with E-state index in [1.807, 2.05) is 6.07 Å². The van der Waals surface area contributed by atoms with Gasteiger partial charge in [-0.15, -0.1) is 0 Å². The molecule has 0 saturated carbocycles. The van der Waals surface area contributed by atoms with Crippen LogP contribution >= 0.6 is 34.8 Å². The second-order valence-electron chi connectivity index (χ2n) is 3.07. The molecule has 6 heteroatoms. The lowest BCUT2D eigenvalue weighted by atomic mass is 10.1. The van der Waals surface area contributed by atoms with Crippen LogP contribution in [0, 0.1) is 0 Å². The van der Waals surface area contributed by atoms with Crippen molar-refractivity contribution in [2.24, 2.45) is 0 Å². The Morgan fingerprint density at radius 2 is 1.88 bits per heavy atom. The summed E-state index contributed by atoms with van der Waals surface area (Å²) >= 11 is 15.8. The predicted molar refractivity (Wildman–Crippen MR) is 62.5 cm³/mol. The molecule has 1 N–H and O–H groups in total. The van der Waals surface area contributed by atoms with Gasteiger partial charge in [-0.2, -0.15) is 0 Å². The summed E-state index contributed by atoms with van der Waals surface area (Å²) < 4.78 is 2.23. The van der Waals surface area contributed by atoms with Gasteiger partial charge in [0.25, 0.3) is 0 Å². The minimum Gasteiger partial charge on any atom is -0.413 e. The Labute approximate surface area is 108 Å². The van der Waals surface area contributed by atoms with Crippen molar-refractivity contribution < 1.29 is 14.6 Å². The molecule has 0 radical (unpaired) electrons. The Bertz CT molecular complexity index is 348. The number of carbonyl (C=O) groups excluding carboxylic acids is 1. The van der Waals surface area contributed by atoms with Gasteiger partial charge < -0.3 is 9.84 Å². The third-order valence-electron chi connectivity index (χ3n) is 1.76. The molecule has 3 nitrogen and oxygen atoms in total. The monoisotopic (exact) mass is 282 g/mol. The highest BCUT2D eigenvalue weighted by atomic mass is 35.6. The zero-order chi connectivity index (χ0) is 12.2. The van der Waals surface area contributed by atoms with Gasteiger partial charge in [-0.05, 0) is 40.4 Å². The molecule has 0 fully saturated rings. The van der Waals surface area contributed by atoms with E-state index in [0.29, 0.717) is 0 Å². The maximum atomic E-state index is 11.2. The molecule has 0 aliphatic carbocycles. The molecule has 0 bridgehead atoms. The fourth-order valence-electron chi connectivity index (χ4n) is 1.10. The van der Waals surface area contributed by atoms with Crippen LogP contribution in [0.4, 0.5) is 0 Å². The number of hydrogen-bond acceptors (Lipinski definition) is 3. The number of esters is 1. The summed E-state index contributed by atoms with van der Waals surface area (Å²) in [6.07, 6.45) is -1.24. The number of aliphatic hydroxyl groups is 1. The molecule has 1 unspecified atom stereocenters. The van der Waals surface area contributed by atoms with Crippen molar-refractivity contribution in [3.05, 3.63) is 35.9 Å². The summed E-state index contributed by atoms with van der Waals surface area (Å²) in [6.45, 7) is 0. The fraction of sp³-hybridized carbons (Fsp3) is 0.300. The number of carbonyl (C=O) groups is 1. The Morgan fingerprint density at radius 3 is 2.38 bits per heavy atom. The quantitative estimate of drug-likeness (QED) is 0.685. The molecule has 1 aromatic rings. The highest BCUT2D eigenvalue weighted by Gasteiger charge is 2.29. The van der Waals surface area contributed by atoms with E-state index in [1.54, 1.807) is 24.3 Å². The number of ether oxygens (including phenoxy) is 1. The maximum Gasteiger partial charge on any atom is 0.340 e. The van der Waals surface area contributed by atoms with Crippen molar-refractivity contribution in [3.63, 3.8) is 0 Å². The van der Waals surface area contributed by atoms with Crippen LogP contribution in [0.25, 0.3) is 0 Å². The molecule has 0 aromatic heterocycles. The van der Waals surface area contributed by atoms with E-state index in [1.165, 1.54) is 0 Å². The van der Waals surface area contributed by atoms with Gasteiger partial charge in [0.1, 0.15) is 0 Å². The Kier molecular flexibility index (Phi) is 4.87. The first-order chi connectivity index (χ1) is 7.38. The number of halogens is 3. The first kappa shape index (κ1) is 13.6.